The Balaban J connectivity index is 1.47. The minimum atomic E-state index is 0.117. The summed E-state index contributed by atoms with van der Waals surface area (Å²) in [6, 6.07) is 2.41. The van der Waals surface area contributed by atoms with Gasteiger partial charge < -0.3 is 5.32 Å². The zero-order valence-electron chi connectivity index (χ0n) is 17.5. The number of carbonyl (C=O) groups is 1. The molecule has 3 atom stereocenters. The Morgan fingerprint density at radius 2 is 2.14 bits per heavy atom. The highest BCUT2D eigenvalue weighted by Gasteiger charge is 2.61. The van der Waals surface area contributed by atoms with Gasteiger partial charge in [-0.05, 0) is 61.8 Å². The number of nitriles is 1. The van der Waals surface area contributed by atoms with Crippen LogP contribution in [0.3, 0.4) is 0 Å². The number of hydrogen-bond donors (Lipinski definition) is 1. The Kier molecular flexibility index (Phi) is 4.26. The van der Waals surface area contributed by atoms with Crippen molar-refractivity contribution in [1.29, 1.82) is 5.26 Å². The van der Waals surface area contributed by atoms with Gasteiger partial charge in [0.2, 0.25) is 5.91 Å². The molecule has 1 amide bonds. The quantitative estimate of drug-likeness (QED) is 0.881. The number of aryl methyl sites for hydroxylation is 2. The van der Waals surface area contributed by atoms with Crippen molar-refractivity contribution in [3.05, 3.63) is 28.7 Å². The first-order valence-electron chi connectivity index (χ1n) is 10.2. The lowest BCUT2D eigenvalue weighted by molar-refractivity contribution is -0.122. The van der Waals surface area contributed by atoms with Gasteiger partial charge in [0.15, 0.2) is 5.65 Å². The summed E-state index contributed by atoms with van der Waals surface area (Å²) in [5.41, 5.74) is 4.40. The zero-order chi connectivity index (χ0) is 20.3. The van der Waals surface area contributed by atoms with Crippen LogP contribution in [0.1, 0.15) is 69.0 Å². The molecule has 148 valence electrons. The average Bonchev–Trinajstić information content (AvgIpc) is 3.20. The van der Waals surface area contributed by atoms with Gasteiger partial charge in [0, 0.05) is 23.9 Å². The van der Waals surface area contributed by atoms with E-state index in [1.54, 1.807) is 10.7 Å². The highest BCUT2D eigenvalue weighted by atomic mass is 16.1. The molecule has 0 spiro atoms. The summed E-state index contributed by atoms with van der Waals surface area (Å²) in [6.07, 6.45) is 6.21. The normalized spacial score (nSPS) is 27.9. The summed E-state index contributed by atoms with van der Waals surface area (Å²) in [4.78, 5) is 17.3. The van der Waals surface area contributed by atoms with E-state index >= 15 is 0 Å². The number of nitrogens with one attached hydrogen (secondary N) is 1. The lowest BCUT2D eigenvalue weighted by Crippen LogP contribution is -2.46. The number of aromatic nitrogens is 3. The molecule has 4 rings (SSSR count). The second kappa shape index (κ2) is 6.30. The third-order valence-corrected chi connectivity index (χ3v) is 8.06. The maximum Gasteiger partial charge on any atom is 0.220 e. The van der Waals surface area contributed by atoms with Crippen molar-refractivity contribution >= 4 is 11.6 Å². The predicted octanol–water partition coefficient (Wildman–Crippen LogP) is 3.48. The predicted molar refractivity (Wildman–Crippen MR) is 107 cm³/mol. The van der Waals surface area contributed by atoms with Crippen LogP contribution in [0.15, 0.2) is 6.20 Å². The van der Waals surface area contributed by atoms with Gasteiger partial charge in [-0.15, -0.1) is 0 Å². The van der Waals surface area contributed by atoms with Crippen molar-refractivity contribution in [3.8, 4) is 6.07 Å². The molecule has 2 aliphatic carbocycles. The number of rotatable bonds is 4. The minimum Gasteiger partial charge on any atom is -0.353 e. The fourth-order valence-corrected chi connectivity index (χ4v) is 5.68. The van der Waals surface area contributed by atoms with E-state index in [1.807, 2.05) is 13.8 Å². The third kappa shape index (κ3) is 2.56. The van der Waals surface area contributed by atoms with E-state index in [-0.39, 0.29) is 17.4 Å². The van der Waals surface area contributed by atoms with E-state index in [4.69, 9.17) is 0 Å². The van der Waals surface area contributed by atoms with Crippen LogP contribution in [0.4, 0.5) is 0 Å². The van der Waals surface area contributed by atoms with Gasteiger partial charge >= 0.3 is 0 Å². The van der Waals surface area contributed by atoms with E-state index in [0.29, 0.717) is 35.4 Å². The Labute approximate surface area is 166 Å². The van der Waals surface area contributed by atoms with Crippen LogP contribution in [-0.2, 0) is 11.2 Å². The van der Waals surface area contributed by atoms with Gasteiger partial charge in [-0.25, -0.2) is 9.50 Å². The van der Waals surface area contributed by atoms with Gasteiger partial charge in [-0.1, -0.05) is 20.8 Å². The van der Waals surface area contributed by atoms with Gasteiger partial charge in [0.25, 0.3) is 0 Å². The van der Waals surface area contributed by atoms with Crippen molar-refractivity contribution in [2.75, 3.05) is 0 Å². The SMILES string of the molecule is Cc1nc2c(C#N)cnn2c(C)c1CCC(=O)NC1CC2CCC1(C)C2(C)C. The van der Waals surface area contributed by atoms with Crippen molar-refractivity contribution < 1.29 is 4.79 Å². The third-order valence-electron chi connectivity index (χ3n) is 8.06. The summed E-state index contributed by atoms with van der Waals surface area (Å²) in [5, 5.41) is 16.8. The lowest BCUT2D eigenvalue weighted by Gasteiger charge is -2.39. The van der Waals surface area contributed by atoms with Crippen molar-refractivity contribution in [3.63, 3.8) is 0 Å². The molecule has 2 heterocycles. The Morgan fingerprint density at radius 1 is 1.39 bits per heavy atom. The maximum absolute atomic E-state index is 12.7. The van der Waals surface area contributed by atoms with Crippen LogP contribution in [0.2, 0.25) is 0 Å². The first-order chi connectivity index (χ1) is 13.2. The fraction of sp³-hybridized carbons (Fsp3) is 0.636. The molecule has 0 radical (unpaired) electrons. The molecule has 1 N–H and O–H groups in total. The molecule has 0 saturated heterocycles. The van der Waals surface area contributed by atoms with Gasteiger partial charge in [0.1, 0.15) is 11.6 Å². The monoisotopic (exact) mass is 379 g/mol. The van der Waals surface area contributed by atoms with Crippen LogP contribution in [0, 0.1) is 41.9 Å². The molecule has 2 aliphatic rings. The van der Waals surface area contributed by atoms with Gasteiger partial charge in [-0.3, -0.25) is 4.79 Å². The molecule has 2 saturated carbocycles. The summed E-state index contributed by atoms with van der Waals surface area (Å²) in [6.45, 7) is 11.0. The van der Waals surface area contributed by atoms with Crippen LogP contribution in [0.5, 0.6) is 0 Å². The summed E-state index contributed by atoms with van der Waals surface area (Å²) < 4.78 is 1.71. The number of amides is 1. The number of hydrogen-bond acceptors (Lipinski definition) is 4. The zero-order valence-corrected chi connectivity index (χ0v) is 17.5. The lowest BCUT2D eigenvalue weighted by atomic mass is 9.69. The van der Waals surface area contributed by atoms with E-state index in [2.05, 4.69) is 42.2 Å². The highest BCUT2D eigenvalue weighted by molar-refractivity contribution is 5.77. The van der Waals surface area contributed by atoms with Crippen molar-refractivity contribution in [2.45, 2.75) is 72.8 Å². The van der Waals surface area contributed by atoms with Gasteiger partial charge in [0.05, 0.1) is 6.20 Å². The number of fused-ring (bicyclic) bond motifs is 3. The number of carbonyl (C=O) groups excluding carboxylic acids is 1. The Morgan fingerprint density at radius 3 is 2.75 bits per heavy atom. The molecule has 0 aromatic carbocycles. The van der Waals surface area contributed by atoms with Crippen LogP contribution in [-0.4, -0.2) is 26.5 Å². The van der Waals surface area contributed by atoms with Gasteiger partial charge in [-0.2, -0.15) is 10.4 Å². The molecule has 2 aromatic rings. The first-order valence-corrected chi connectivity index (χ1v) is 10.2. The van der Waals surface area contributed by atoms with Crippen LogP contribution < -0.4 is 5.32 Å². The second-order valence-electron chi connectivity index (χ2n) is 9.40. The molecular weight excluding hydrogens is 350 g/mol. The molecule has 28 heavy (non-hydrogen) atoms. The van der Waals surface area contributed by atoms with Crippen molar-refractivity contribution in [1.82, 2.24) is 19.9 Å². The standard InChI is InChI=1S/C22H29N5O/c1-13-17(14(2)27-20(25-13)15(11-23)12-24-27)6-7-19(28)26-18-10-16-8-9-22(18,5)21(16,3)4/h12,16,18H,6-10H2,1-5H3,(H,26,28). The second-order valence-corrected chi connectivity index (χ2v) is 9.40. The molecule has 0 aliphatic heterocycles. The van der Waals surface area contributed by atoms with E-state index in [9.17, 15) is 10.1 Å². The average molecular weight is 380 g/mol. The topological polar surface area (TPSA) is 83.1 Å². The Bertz CT molecular complexity index is 999. The smallest absolute Gasteiger partial charge is 0.220 e. The molecule has 2 aromatic heterocycles. The molecule has 6 nitrogen and oxygen atoms in total. The summed E-state index contributed by atoms with van der Waals surface area (Å²) in [5.74, 6) is 0.833. The molecule has 2 bridgehead atoms. The largest absolute Gasteiger partial charge is 0.353 e. The minimum absolute atomic E-state index is 0.117. The van der Waals surface area contributed by atoms with Crippen molar-refractivity contribution in [2.24, 2.45) is 16.7 Å². The van der Waals surface area contributed by atoms with E-state index in [1.165, 1.54) is 12.8 Å². The summed E-state index contributed by atoms with van der Waals surface area (Å²) >= 11 is 0. The first kappa shape index (κ1) is 18.9. The molecule has 2 fully saturated rings. The Hall–Kier alpha value is -2.42. The van der Waals surface area contributed by atoms with E-state index in [0.717, 1.165) is 23.4 Å². The van der Waals surface area contributed by atoms with Crippen LogP contribution in [0.25, 0.3) is 5.65 Å². The van der Waals surface area contributed by atoms with Crippen LogP contribution >= 0.6 is 0 Å². The highest BCUT2D eigenvalue weighted by Crippen LogP contribution is 2.65. The molecule has 6 heteroatoms. The molecule has 3 unspecified atom stereocenters. The van der Waals surface area contributed by atoms with E-state index < -0.39 is 0 Å². The summed E-state index contributed by atoms with van der Waals surface area (Å²) in [7, 11) is 0. The fourth-order valence-electron chi connectivity index (χ4n) is 5.68. The maximum atomic E-state index is 12.7. The number of nitrogens with zero attached hydrogens (tertiary/aromatic N) is 4. The molecular formula is C22H29N5O.